The molecule has 0 aliphatic heterocycles. The number of hydrogen-bond donors (Lipinski definition) is 2. The van der Waals surface area contributed by atoms with Crippen LogP contribution in [0.2, 0.25) is 0 Å². The second kappa shape index (κ2) is 9.59. The van der Waals surface area contributed by atoms with Gasteiger partial charge in [-0.1, -0.05) is 50.2 Å². The van der Waals surface area contributed by atoms with Gasteiger partial charge in [0.2, 0.25) is 5.91 Å². The van der Waals surface area contributed by atoms with Crippen LogP contribution in [0.1, 0.15) is 19.4 Å². The zero-order valence-electron chi connectivity index (χ0n) is 14.4. The largest absolute Gasteiger partial charge is 0.493 e. The van der Waals surface area contributed by atoms with Crippen molar-refractivity contribution in [2.75, 3.05) is 11.9 Å². The van der Waals surface area contributed by atoms with Gasteiger partial charge in [-0.15, -0.1) is 0 Å². The summed E-state index contributed by atoms with van der Waals surface area (Å²) in [6.07, 6.45) is 3.18. The molecule has 0 fully saturated rings. The number of anilines is 1. The lowest BCUT2D eigenvalue weighted by molar-refractivity contribution is -0.115. The smallest absolute Gasteiger partial charge is 0.250 e. The van der Waals surface area contributed by atoms with E-state index in [1.807, 2.05) is 54.6 Å². The fourth-order valence-electron chi connectivity index (χ4n) is 1.98. The van der Waals surface area contributed by atoms with E-state index in [0.717, 1.165) is 17.0 Å². The van der Waals surface area contributed by atoms with Gasteiger partial charge < -0.3 is 10.1 Å². The van der Waals surface area contributed by atoms with Crippen molar-refractivity contribution < 1.29 is 9.53 Å². The first-order chi connectivity index (χ1) is 12.0. The summed E-state index contributed by atoms with van der Waals surface area (Å²) in [5.74, 6) is 0.929. The molecule has 0 bridgehead atoms. The second-order valence-electron chi connectivity index (χ2n) is 5.92. The standard InChI is InChI=1S/C20H22N2O2S/c1-15(2)14-24-18-10-6-9-17(13-18)21-20(25)22-19(23)12-11-16-7-4-3-5-8-16/h3-13,15H,14H2,1-2H3,(H2,21,22,23,25)/b12-11+. The van der Waals surface area contributed by atoms with Gasteiger partial charge in [0.1, 0.15) is 5.75 Å². The Labute approximate surface area is 153 Å². The number of carbonyl (C=O) groups excluding carboxylic acids is 1. The third-order valence-corrected chi connectivity index (χ3v) is 3.34. The lowest BCUT2D eigenvalue weighted by Gasteiger charge is -2.12. The van der Waals surface area contributed by atoms with E-state index in [1.165, 1.54) is 6.08 Å². The molecule has 0 aliphatic carbocycles. The zero-order chi connectivity index (χ0) is 18.1. The Kier molecular flexibility index (Phi) is 7.16. The first kappa shape index (κ1) is 18.7. The quantitative estimate of drug-likeness (QED) is 0.601. The van der Waals surface area contributed by atoms with E-state index >= 15 is 0 Å². The van der Waals surface area contributed by atoms with Crippen molar-refractivity contribution in [1.29, 1.82) is 0 Å². The van der Waals surface area contributed by atoms with Crippen molar-refractivity contribution in [2.24, 2.45) is 5.92 Å². The summed E-state index contributed by atoms with van der Waals surface area (Å²) in [7, 11) is 0. The number of hydrogen-bond acceptors (Lipinski definition) is 3. The molecule has 0 spiro atoms. The van der Waals surface area contributed by atoms with Gasteiger partial charge in [-0.2, -0.15) is 0 Å². The van der Waals surface area contributed by atoms with Gasteiger partial charge in [0, 0.05) is 17.8 Å². The van der Waals surface area contributed by atoms with Gasteiger partial charge in [0.05, 0.1) is 6.61 Å². The van der Waals surface area contributed by atoms with Crippen molar-refractivity contribution in [2.45, 2.75) is 13.8 Å². The summed E-state index contributed by atoms with van der Waals surface area (Å²) < 4.78 is 5.68. The molecule has 0 aliphatic rings. The van der Waals surface area contributed by atoms with E-state index in [0.29, 0.717) is 12.5 Å². The Balaban J connectivity index is 1.86. The predicted octanol–water partition coefficient (Wildman–Crippen LogP) is 4.25. The topological polar surface area (TPSA) is 50.4 Å². The minimum absolute atomic E-state index is 0.240. The number of amides is 1. The number of carbonyl (C=O) groups is 1. The average molecular weight is 354 g/mol. The average Bonchev–Trinajstić information content (AvgIpc) is 2.59. The molecule has 2 aromatic carbocycles. The molecular weight excluding hydrogens is 332 g/mol. The molecule has 0 atom stereocenters. The molecule has 0 aromatic heterocycles. The minimum Gasteiger partial charge on any atom is -0.493 e. The monoisotopic (exact) mass is 354 g/mol. The van der Waals surface area contributed by atoms with Crippen LogP contribution >= 0.6 is 12.2 Å². The summed E-state index contributed by atoms with van der Waals surface area (Å²) in [5, 5.41) is 5.85. The first-order valence-electron chi connectivity index (χ1n) is 8.11. The summed E-state index contributed by atoms with van der Waals surface area (Å²) >= 11 is 5.17. The molecular formula is C20H22N2O2S. The summed E-state index contributed by atoms with van der Waals surface area (Å²) in [6, 6.07) is 17.1. The fourth-order valence-corrected chi connectivity index (χ4v) is 2.20. The van der Waals surface area contributed by atoms with Crippen LogP contribution in [0.4, 0.5) is 5.69 Å². The summed E-state index contributed by atoms with van der Waals surface area (Å²) in [6.45, 7) is 4.83. The van der Waals surface area contributed by atoms with E-state index in [-0.39, 0.29) is 11.0 Å². The Hall–Kier alpha value is -2.66. The molecule has 0 heterocycles. The van der Waals surface area contributed by atoms with Crippen LogP contribution in [0.15, 0.2) is 60.7 Å². The summed E-state index contributed by atoms with van der Waals surface area (Å²) in [5.41, 5.74) is 1.71. The number of benzene rings is 2. The van der Waals surface area contributed by atoms with Crippen molar-refractivity contribution >= 4 is 35.0 Å². The number of ether oxygens (including phenoxy) is 1. The maximum absolute atomic E-state index is 11.9. The number of thiocarbonyl (C=S) groups is 1. The van der Waals surface area contributed by atoms with E-state index in [1.54, 1.807) is 6.08 Å². The maximum Gasteiger partial charge on any atom is 0.250 e. The van der Waals surface area contributed by atoms with Gasteiger partial charge in [-0.05, 0) is 41.9 Å². The molecule has 0 unspecified atom stereocenters. The van der Waals surface area contributed by atoms with Crippen molar-refractivity contribution in [1.82, 2.24) is 5.32 Å². The van der Waals surface area contributed by atoms with Crippen LogP contribution in [0.25, 0.3) is 6.08 Å². The first-order valence-corrected chi connectivity index (χ1v) is 8.51. The molecule has 4 nitrogen and oxygen atoms in total. The van der Waals surface area contributed by atoms with E-state index in [4.69, 9.17) is 17.0 Å². The lowest BCUT2D eigenvalue weighted by Crippen LogP contribution is -2.32. The van der Waals surface area contributed by atoms with E-state index < -0.39 is 0 Å². The predicted molar refractivity (Wildman–Crippen MR) is 107 cm³/mol. The third-order valence-electron chi connectivity index (χ3n) is 3.14. The summed E-state index contributed by atoms with van der Waals surface area (Å²) in [4.78, 5) is 11.9. The van der Waals surface area contributed by atoms with Crippen LogP contribution < -0.4 is 15.4 Å². The van der Waals surface area contributed by atoms with Crippen molar-refractivity contribution in [3.63, 3.8) is 0 Å². The lowest BCUT2D eigenvalue weighted by atomic mass is 10.2. The molecule has 5 heteroatoms. The highest BCUT2D eigenvalue weighted by Gasteiger charge is 2.03. The van der Waals surface area contributed by atoms with Gasteiger partial charge >= 0.3 is 0 Å². The molecule has 0 saturated heterocycles. The van der Waals surface area contributed by atoms with Crippen molar-refractivity contribution in [3.05, 3.63) is 66.2 Å². The van der Waals surface area contributed by atoms with Crippen LogP contribution in [0.3, 0.4) is 0 Å². The second-order valence-corrected chi connectivity index (χ2v) is 6.33. The van der Waals surface area contributed by atoms with E-state index in [2.05, 4.69) is 24.5 Å². The highest BCUT2D eigenvalue weighted by Crippen LogP contribution is 2.18. The van der Waals surface area contributed by atoms with Gasteiger partial charge in [0.15, 0.2) is 5.11 Å². The Morgan fingerprint density at radius 3 is 2.64 bits per heavy atom. The van der Waals surface area contributed by atoms with Crippen molar-refractivity contribution in [3.8, 4) is 5.75 Å². The molecule has 2 aromatic rings. The van der Waals surface area contributed by atoms with Gasteiger partial charge in [0.25, 0.3) is 0 Å². The molecule has 130 valence electrons. The molecule has 25 heavy (non-hydrogen) atoms. The number of nitrogens with one attached hydrogen (secondary N) is 2. The Bertz CT molecular complexity index is 742. The SMILES string of the molecule is CC(C)COc1cccc(NC(=S)NC(=O)/C=C/c2ccccc2)c1. The normalized spacial score (nSPS) is 10.7. The Morgan fingerprint density at radius 1 is 1.16 bits per heavy atom. The molecule has 0 radical (unpaired) electrons. The van der Waals surface area contributed by atoms with Crippen LogP contribution in [-0.4, -0.2) is 17.6 Å². The number of rotatable bonds is 6. The molecule has 0 saturated carbocycles. The fraction of sp³-hybridized carbons (Fsp3) is 0.200. The third kappa shape index (κ3) is 7.18. The molecule has 1 amide bonds. The van der Waals surface area contributed by atoms with Gasteiger partial charge in [-0.25, -0.2) is 0 Å². The highest BCUT2D eigenvalue weighted by molar-refractivity contribution is 7.80. The molecule has 2 N–H and O–H groups in total. The van der Waals surface area contributed by atoms with Crippen LogP contribution in [0, 0.1) is 5.92 Å². The molecule has 2 rings (SSSR count). The van der Waals surface area contributed by atoms with E-state index in [9.17, 15) is 4.79 Å². The maximum atomic E-state index is 11.9. The highest BCUT2D eigenvalue weighted by atomic mass is 32.1. The van der Waals surface area contributed by atoms with Crippen LogP contribution in [0.5, 0.6) is 5.75 Å². The minimum atomic E-state index is -0.284. The van der Waals surface area contributed by atoms with Crippen LogP contribution in [-0.2, 0) is 4.79 Å². The zero-order valence-corrected chi connectivity index (χ0v) is 15.2. The van der Waals surface area contributed by atoms with Gasteiger partial charge in [-0.3, -0.25) is 10.1 Å². The Morgan fingerprint density at radius 2 is 1.92 bits per heavy atom.